The van der Waals surface area contributed by atoms with Gasteiger partial charge in [0.15, 0.2) is 0 Å². The highest BCUT2D eigenvalue weighted by Crippen LogP contribution is 2.20. The average molecular weight is 296 g/mol. The van der Waals surface area contributed by atoms with E-state index >= 15 is 0 Å². The number of anilines is 1. The number of hydrogen-bond donors (Lipinski definition) is 2. The van der Waals surface area contributed by atoms with E-state index in [1.807, 2.05) is 7.05 Å². The van der Waals surface area contributed by atoms with Crippen LogP contribution in [0, 0.1) is 10.1 Å². The van der Waals surface area contributed by atoms with Gasteiger partial charge in [0.05, 0.1) is 4.92 Å². The van der Waals surface area contributed by atoms with Crippen LogP contribution in [0.4, 0.5) is 11.5 Å². The second kappa shape index (κ2) is 7.53. The number of hydrogen-bond acceptors (Lipinski definition) is 6. The molecule has 0 unspecified atom stereocenters. The van der Waals surface area contributed by atoms with Gasteiger partial charge in [0, 0.05) is 18.7 Å². The number of nitrogens with zero attached hydrogens (tertiary/aromatic N) is 3. The molecule has 0 aromatic carbocycles. The number of pyridine rings is 1. The van der Waals surface area contributed by atoms with Gasteiger partial charge in [-0.15, -0.1) is 0 Å². The molecular formula is C13H20N4O4. The molecule has 0 fully saturated rings. The van der Waals surface area contributed by atoms with Crippen LogP contribution in [0.25, 0.3) is 0 Å². The molecule has 8 nitrogen and oxygen atoms in total. The van der Waals surface area contributed by atoms with Crippen LogP contribution in [0.15, 0.2) is 12.3 Å². The molecule has 0 aliphatic heterocycles. The standard InChI is InChI=1S/C13H20N4O4/c1-9(2)16(3)6-4-5-14-12-7-10(13(18)19)11(8-15-12)17(20)21/h7-9H,4-6H2,1-3H3,(H,14,15)(H,18,19). The summed E-state index contributed by atoms with van der Waals surface area (Å²) >= 11 is 0. The number of carboxylic acids is 1. The molecule has 1 aromatic heterocycles. The first-order chi connectivity index (χ1) is 9.82. The summed E-state index contributed by atoms with van der Waals surface area (Å²) in [5.41, 5.74) is -0.871. The summed E-state index contributed by atoms with van der Waals surface area (Å²) in [4.78, 5) is 27.0. The van der Waals surface area contributed by atoms with Gasteiger partial charge >= 0.3 is 11.7 Å². The SMILES string of the molecule is CC(C)N(C)CCCNc1cc(C(=O)O)c([N+](=O)[O-])cn1. The molecular weight excluding hydrogens is 276 g/mol. The molecule has 0 radical (unpaired) electrons. The Bertz CT molecular complexity index is 519. The molecule has 1 aromatic rings. The topological polar surface area (TPSA) is 109 Å². The van der Waals surface area contributed by atoms with Gasteiger partial charge in [-0.05, 0) is 33.9 Å². The fourth-order valence-electron chi connectivity index (χ4n) is 1.66. The third-order valence-electron chi connectivity index (χ3n) is 3.19. The third-order valence-corrected chi connectivity index (χ3v) is 3.19. The second-order valence-corrected chi connectivity index (χ2v) is 5.00. The smallest absolute Gasteiger partial charge is 0.342 e. The molecule has 8 heteroatoms. The lowest BCUT2D eigenvalue weighted by molar-refractivity contribution is -0.385. The van der Waals surface area contributed by atoms with Crippen LogP contribution >= 0.6 is 0 Å². The van der Waals surface area contributed by atoms with E-state index < -0.39 is 16.6 Å². The van der Waals surface area contributed by atoms with E-state index in [2.05, 4.69) is 29.0 Å². The molecule has 0 saturated carbocycles. The second-order valence-electron chi connectivity index (χ2n) is 5.00. The van der Waals surface area contributed by atoms with Crippen molar-refractivity contribution in [3.63, 3.8) is 0 Å². The summed E-state index contributed by atoms with van der Waals surface area (Å²) in [5.74, 6) is -1.02. The molecule has 116 valence electrons. The van der Waals surface area contributed by atoms with Crippen molar-refractivity contribution in [1.82, 2.24) is 9.88 Å². The molecule has 0 aliphatic rings. The Kier molecular flexibility index (Phi) is 6.04. The summed E-state index contributed by atoms with van der Waals surface area (Å²) in [6, 6.07) is 1.65. The summed E-state index contributed by atoms with van der Waals surface area (Å²) in [6.45, 7) is 5.71. The van der Waals surface area contributed by atoms with E-state index in [-0.39, 0.29) is 5.56 Å². The molecule has 1 heterocycles. The molecule has 2 N–H and O–H groups in total. The van der Waals surface area contributed by atoms with E-state index in [9.17, 15) is 14.9 Å². The maximum absolute atomic E-state index is 11.0. The molecule has 0 atom stereocenters. The van der Waals surface area contributed by atoms with Gasteiger partial charge in [-0.1, -0.05) is 0 Å². The fourth-order valence-corrected chi connectivity index (χ4v) is 1.66. The Morgan fingerprint density at radius 3 is 2.76 bits per heavy atom. The van der Waals surface area contributed by atoms with Gasteiger partial charge in [0.1, 0.15) is 17.6 Å². The molecule has 0 amide bonds. The summed E-state index contributed by atoms with van der Waals surface area (Å²) in [6.07, 6.45) is 1.82. The van der Waals surface area contributed by atoms with Crippen molar-refractivity contribution >= 4 is 17.5 Å². The first-order valence-corrected chi connectivity index (χ1v) is 6.64. The fraction of sp³-hybridized carbons (Fsp3) is 0.538. The lowest BCUT2D eigenvalue weighted by Gasteiger charge is -2.20. The molecule has 0 aliphatic carbocycles. The minimum Gasteiger partial charge on any atom is -0.477 e. The summed E-state index contributed by atoms with van der Waals surface area (Å²) in [5, 5.41) is 22.7. The van der Waals surface area contributed by atoms with Crippen LogP contribution in [0.3, 0.4) is 0 Å². The van der Waals surface area contributed by atoms with Crippen molar-refractivity contribution in [2.24, 2.45) is 0 Å². The zero-order chi connectivity index (χ0) is 16.0. The Hall–Kier alpha value is -2.22. The maximum Gasteiger partial charge on any atom is 0.342 e. The lowest BCUT2D eigenvalue weighted by atomic mass is 10.2. The van der Waals surface area contributed by atoms with Gasteiger partial charge < -0.3 is 15.3 Å². The van der Waals surface area contributed by atoms with E-state index in [1.165, 1.54) is 6.07 Å². The van der Waals surface area contributed by atoms with E-state index in [4.69, 9.17) is 5.11 Å². The maximum atomic E-state index is 11.0. The number of nitrogens with one attached hydrogen (secondary N) is 1. The van der Waals surface area contributed by atoms with Crippen LogP contribution in [-0.2, 0) is 0 Å². The number of carboxylic acid groups (broad SMARTS) is 1. The zero-order valence-corrected chi connectivity index (χ0v) is 12.4. The van der Waals surface area contributed by atoms with Crippen molar-refractivity contribution in [2.45, 2.75) is 26.3 Å². The van der Waals surface area contributed by atoms with Crippen LogP contribution in [0.2, 0.25) is 0 Å². The largest absolute Gasteiger partial charge is 0.477 e. The molecule has 21 heavy (non-hydrogen) atoms. The lowest BCUT2D eigenvalue weighted by Crippen LogP contribution is -2.28. The van der Waals surface area contributed by atoms with Gasteiger partial charge in [-0.25, -0.2) is 9.78 Å². The molecule has 0 saturated heterocycles. The van der Waals surface area contributed by atoms with Crippen LogP contribution < -0.4 is 5.32 Å². The van der Waals surface area contributed by atoms with Crippen molar-refractivity contribution in [3.8, 4) is 0 Å². The average Bonchev–Trinajstić information content (AvgIpc) is 2.42. The number of nitro groups is 1. The van der Waals surface area contributed by atoms with E-state index in [1.54, 1.807) is 0 Å². The zero-order valence-electron chi connectivity index (χ0n) is 12.4. The monoisotopic (exact) mass is 296 g/mol. The Morgan fingerprint density at radius 2 is 2.24 bits per heavy atom. The predicted molar refractivity (Wildman–Crippen MR) is 78.7 cm³/mol. The number of carbonyl (C=O) groups is 1. The Morgan fingerprint density at radius 1 is 1.57 bits per heavy atom. The van der Waals surface area contributed by atoms with Crippen LogP contribution in [0.1, 0.15) is 30.6 Å². The third kappa shape index (κ3) is 4.99. The van der Waals surface area contributed by atoms with Crippen molar-refractivity contribution in [3.05, 3.63) is 27.9 Å². The van der Waals surface area contributed by atoms with Crippen molar-refractivity contribution in [2.75, 3.05) is 25.5 Å². The van der Waals surface area contributed by atoms with Gasteiger partial charge in [0.25, 0.3) is 0 Å². The summed E-state index contributed by atoms with van der Waals surface area (Å²) in [7, 11) is 2.03. The molecule has 1 rings (SSSR count). The Balaban J connectivity index is 2.63. The van der Waals surface area contributed by atoms with E-state index in [0.29, 0.717) is 18.4 Å². The summed E-state index contributed by atoms with van der Waals surface area (Å²) < 4.78 is 0. The number of rotatable bonds is 8. The van der Waals surface area contributed by atoms with Crippen LogP contribution in [-0.4, -0.2) is 52.1 Å². The predicted octanol–water partition coefficient (Wildman–Crippen LogP) is 1.83. The minimum absolute atomic E-state index is 0.324. The first kappa shape index (κ1) is 16.8. The number of aromatic carboxylic acids is 1. The normalized spacial score (nSPS) is 10.9. The van der Waals surface area contributed by atoms with E-state index in [0.717, 1.165) is 19.2 Å². The number of aromatic nitrogens is 1. The van der Waals surface area contributed by atoms with Crippen molar-refractivity contribution in [1.29, 1.82) is 0 Å². The highest BCUT2D eigenvalue weighted by Gasteiger charge is 2.20. The molecule has 0 spiro atoms. The van der Waals surface area contributed by atoms with Crippen molar-refractivity contribution < 1.29 is 14.8 Å². The first-order valence-electron chi connectivity index (χ1n) is 6.64. The van der Waals surface area contributed by atoms with Gasteiger partial charge in [-0.3, -0.25) is 10.1 Å². The quantitative estimate of drug-likeness (QED) is 0.428. The highest BCUT2D eigenvalue weighted by molar-refractivity contribution is 5.93. The van der Waals surface area contributed by atoms with Gasteiger partial charge in [0.2, 0.25) is 0 Å². The molecule has 0 bridgehead atoms. The minimum atomic E-state index is -1.34. The van der Waals surface area contributed by atoms with Crippen LogP contribution in [0.5, 0.6) is 0 Å². The van der Waals surface area contributed by atoms with Gasteiger partial charge in [-0.2, -0.15) is 0 Å². The highest BCUT2D eigenvalue weighted by atomic mass is 16.6. The Labute approximate surface area is 122 Å².